The van der Waals surface area contributed by atoms with E-state index in [2.05, 4.69) is 6.58 Å². The Labute approximate surface area is 340 Å². The Kier molecular flexibility index (Phi) is 17.4. The third-order valence-corrected chi connectivity index (χ3v) is 10.8. The van der Waals surface area contributed by atoms with E-state index in [1.165, 1.54) is 0 Å². The second-order valence-electron chi connectivity index (χ2n) is 15.9. The number of hydrogen-bond acceptors (Lipinski definition) is 23. The summed E-state index contributed by atoms with van der Waals surface area (Å²) in [6.07, 6.45) is -33.7. The molecule has 0 amide bonds. The normalized spacial score (nSPS) is 47.0. The Morgan fingerprint density at radius 3 is 1.59 bits per heavy atom. The molecule has 0 aromatic carbocycles. The van der Waals surface area contributed by atoms with Gasteiger partial charge in [-0.3, -0.25) is 0 Å². The summed E-state index contributed by atoms with van der Waals surface area (Å²) >= 11 is 0. The van der Waals surface area contributed by atoms with Gasteiger partial charge in [-0.15, -0.1) is 6.58 Å². The first-order chi connectivity index (χ1) is 27.8. The molecule has 23 heteroatoms. The van der Waals surface area contributed by atoms with Crippen molar-refractivity contribution in [3.05, 3.63) is 12.7 Å². The minimum absolute atomic E-state index is 0.294. The molecule has 5 aliphatic rings. The fourth-order valence-electron chi connectivity index (χ4n) is 7.50. The van der Waals surface area contributed by atoms with Crippen molar-refractivity contribution in [2.24, 2.45) is 0 Å². The van der Waals surface area contributed by atoms with Crippen LogP contribution < -0.4 is 0 Å². The smallest absolute Gasteiger partial charge is 0.190 e. The van der Waals surface area contributed by atoms with Crippen LogP contribution in [-0.2, 0) is 52.1 Å². The Bertz CT molecular complexity index is 1300. The van der Waals surface area contributed by atoms with Crippen LogP contribution in [0, 0.1) is 0 Å². The van der Waals surface area contributed by atoms with Gasteiger partial charge in [-0.2, -0.15) is 0 Å². The number of aliphatic hydroxyl groups excluding tert-OH is 12. The molecule has 344 valence electrons. The molecular formula is C36H62O23. The molecule has 23 nitrogen and oxygen atoms in total. The highest BCUT2D eigenvalue weighted by Crippen LogP contribution is 2.38. The first-order valence-electron chi connectivity index (χ1n) is 19.7. The van der Waals surface area contributed by atoms with Crippen molar-refractivity contribution in [2.45, 2.75) is 194 Å². The molecule has 11 unspecified atom stereocenters. The SMILES string of the molecule is C=CCCCCOC(C)(C)[C@H]1O[C@H](CO)[C@@H](O)C(O[C@H]2O[C@H](O)C(O[C@H]3O[C@H](O)C(O)C3O[C@H]3O[C@@H](O)C(O)C3O[C@H]3OC(CO)[C@H](O)C(O)C3OC(C)C)C2O)C1O. The van der Waals surface area contributed by atoms with Gasteiger partial charge in [-0.05, 0) is 47.0 Å². The molecule has 5 heterocycles. The molecule has 59 heavy (non-hydrogen) atoms. The van der Waals surface area contributed by atoms with E-state index in [1.807, 2.05) is 0 Å². The Hall–Kier alpha value is -1.18. The van der Waals surface area contributed by atoms with E-state index in [-0.39, 0.29) is 0 Å². The van der Waals surface area contributed by atoms with Crippen molar-refractivity contribution in [3.63, 3.8) is 0 Å². The Balaban J connectivity index is 1.27. The molecule has 0 saturated carbocycles. The van der Waals surface area contributed by atoms with Gasteiger partial charge in [0.2, 0.25) is 0 Å². The maximum Gasteiger partial charge on any atom is 0.190 e. The lowest BCUT2D eigenvalue weighted by Gasteiger charge is -2.48. The highest BCUT2D eigenvalue weighted by Gasteiger charge is 2.58. The quantitative estimate of drug-likeness (QED) is 0.0426. The van der Waals surface area contributed by atoms with Crippen molar-refractivity contribution in [2.75, 3.05) is 19.8 Å². The van der Waals surface area contributed by atoms with Crippen LogP contribution in [0.1, 0.15) is 47.0 Å². The summed E-state index contributed by atoms with van der Waals surface area (Å²) in [5.74, 6) is 0. The van der Waals surface area contributed by atoms with Crippen LogP contribution in [0.25, 0.3) is 0 Å². The predicted octanol–water partition coefficient (Wildman–Crippen LogP) is -5.50. The van der Waals surface area contributed by atoms with Crippen molar-refractivity contribution in [1.82, 2.24) is 0 Å². The highest BCUT2D eigenvalue weighted by atomic mass is 16.8. The second kappa shape index (κ2) is 21.0. The second-order valence-corrected chi connectivity index (χ2v) is 15.9. The first kappa shape index (κ1) is 48.8. The number of unbranched alkanes of at least 4 members (excludes halogenated alkanes) is 2. The largest absolute Gasteiger partial charge is 0.394 e. The molecule has 0 radical (unpaired) electrons. The Morgan fingerprint density at radius 1 is 0.542 bits per heavy atom. The molecule has 0 bridgehead atoms. The average Bonchev–Trinajstić information content (AvgIpc) is 3.72. The van der Waals surface area contributed by atoms with E-state index in [1.54, 1.807) is 33.8 Å². The summed E-state index contributed by atoms with van der Waals surface area (Å²) < 4.78 is 62.4. The minimum atomic E-state index is -2.00. The molecule has 5 fully saturated rings. The molecule has 0 aromatic heterocycles. The topological polar surface area (TPSA) is 344 Å². The lowest BCUT2D eigenvalue weighted by molar-refractivity contribution is -0.343. The number of aliphatic hydroxyl groups is 12. The summed E-state index contributed by atoms with van der Waals surface area (Å²) in [4.78, 5) is 0. The van der Waals surface area contributed by atoms with Crippen LogP contribution in [0.2, 0.25) is 0 Å². The van der Waals surface area contributed by atoms with Crippen LogP contribution >= 0.6 is 0 Å². The van der Waals surface area contributed by atoms with Gasteiger partial charge in [0, 0.05) is 6.61 Å². The molecule has 5 saturated heterocycles. The molecule has 5 rings (SSSR count). The lowest BCUT2D eigenvalue weighted by atomic mass is 9.86. The van der Waals surface area contributed by atoms with Crippen molar-refractivity contribution in [1.29, 1.82) is 0 Å². The van der Waals surface area contributed by atoms with Crippen LogP contribution in [0.4, 0.5) is 0 Å². The fourth-order valence-corrected chi connectivity index (χ4v) is 7.50. The van der Waals surface area contributed by atoms with E-state index in [4.69, 9.17) is 52.1 Å². The molecular weight excluding hydrogens is 800 g/mol. The van der Waals surface area contributed by atoms with Gasteiger partial charge in [0.15, 0.2) is 44.0 Å². The monoisotopic (exact) mass is 862 g/mol. The molecule has 5 aliphatic heterocycles. The molecule has 12 N–H and O–H groups in total. The molecule has 0 spiro atoms. The van der Waals surface area contributed by atoms with Crippen LogP contribution in [-0.4, -0.2) is 228 Å². The zero-order valence-electron chi connectivity index (χ0n) is 33.2. The van der Waals surface area contributed by atoms with Gasteiger partial charge in [-0.1, -0.05) is 6.08 Å². The van der Waals surface area contributed by atoms with Gasteiger partial charge in [0.05, 0.1) is 24.9 Å². The number of hydrogen-bond donors (Lipinski definition) is 12. The summed E-state index contributed by atoms with van der Waals surface area (Å²) in [5, 5.41) is 128. The summed E-state index contributed by atoms with van der Waals surface area (Å²) in [6.45, 7) is 9.07. The molecule has 22 atom stereocenters. The van der Waals surface area contributed by atoms with Crippen molar-refractivity contribution >= 4 is 0 Å². The van der Waals surface area contributed by atoms with Gasteiger partial charge >= 0.3 is 0 Å². The van der Waals surface area contributed by atoms with Crippen LogP contribution in [0.5, 0.6) is 0 Å². The standard InChI is InChI=1S/C36H62O23/c1-6-7-8-9-10-49-36(4,5)28-19(42)23(17(40)15(12-38)51-28)53-32-22(45)24(31(48)59-32)54-34-26(20(43)29(46)57-34)56-35-27(21(44)30(47)58-35)55-33-25(50-13(2)3)18(41)16(39)14(11-37)52-33/h6,13-35,37-48H,1,7-12H2,2-5H3/t14?,15-,16+,17-,18?,19?,20?,21?,22?,23?,24?,25?,26?,27?,28+,29+,30-,31+,32+,33-,34+,35+/m1/s1. The van der Waals surface area contributed by atoms with E-state index < -0.39 is 161 Å². The maximum absolute atomic E-state index is 11.4. The van der Waals surface area contributed by atoms with Crippen molar-refractivity contribution < 1.29 is 113 Å². The van der Waals surface area contributed by atoms with E-state index in [9.17, 15) is 61.3 Å². The van der Waals surface area contributed by atoms with Gasteiger partial charge in [-0.25, -0.2) is 0 Å². The average molecular weight is 863 g/mol. The number of ether oxygens (including phenoxy) is 11. The molecule has 0 aliphatic carbocycles. The van der Waals surface area contributed by atoms with E-state index in [0.29, 0.717) is 13.0 Å². The zero-order chi connectivity index (χ0) is 43.5. The third-order valence-electron chi connectivity index (χ3n) is 10.8. The number of allylic oxidation sites excluding steroid dienone is 1. The number of rotatable bonds is 19. The minimum Gasteiger partial charge on any atom is -0.394 e. The highest BCUT2D eigenvalue weighted by molar-refractivity contribution is 5.01. The van der Waals surface area contributed by atoms with Gasteiger partial charge < -0.3 is 113 Å². The summed E-state index contributed by atoms with van der Waals surface area (Å²) in [5.41, 5.74) is -1.17. The summed E-state index contributed by atoms with van der Waals surface area (Å²) in [6, 6.07) is 0. The van der Waals surface area contributed by atoms with Crippen LogP contribution in [0.3, 0.4) is 0 Å². The summed E-state index contributed by atoms with van der Waals surface area (Å²) in [7, 11) is 0. The van der Waals surface area contributed by atoms with E-state index in [0.717, 1.165) is 12.8 Å². The van der Waals surface area contributed by atoms with Gasteiger partial charge in [0.1, 0.15) is 91.6 Å². The fraction of sp³-hybridized carbons (Fsp3) is 0.944. The van der Waals surface area contributed by atoms with Crippen LogP contribution in [0.15, 0.2) is 12.7 Å². The zero-order valence-corrected chi connectivity index (χ0v) is 33.2. The molecule has 0 aromatic rings. The van der Waals surface area contributed by atoms with Crippen molar-refractivity contribution in [3.8, 4) is 0 Å². The van der Waals surface area contributed by atoms with Gasteiger partial charge in [0.25, 0.3) is 0 Å². The predicted molar refractivity (Wildman–Crippen MR) is 190 cm³/mol. The first-order valence-corrected chi connectivity index (χ1v) is 19.7. The Morgan fingerprint density at radius 2 is 1.05 bits per heavy atom. The maximum atomic E-state index is 11.4. The lowest BCUT2D eigenvalue weighted by Crippen LogP contribution is -2.65. The third kappa shape index (κ3) is 11.0. The van der Waals surface area contributed by atoms with E-state index >= 15 is 0 Å².